The molecule has 2 aromatic carbocycles. The molecule has 1 fully saturated rings. The third-order valence-electron chi connectivity index (χ3n) is 5.26. The van der Waals surface area contributed by atoms with Gasteiger partial charge in [0.25, 0.3) is 0 Å². The van der Waals surface area contributed by atoms with Gasteiger partial charge >= 0.3 is 5.97 Å². The van der Waals surface area contributed by atoms with Crippen molar-refractivity contribution < 1.29 is 19.5 Å². The molecule has 0 saturated carbocycles. The summed E-state index contributed by atoms with van der Waals surface area (Å²) >= 11 is 0. The highest BCUT2D eigenvalue weighted by Gasteiger charge is 2.28. The lowest BCUT2D eigenvalue weighted by atomic mass is 9.96. The van der Waals surface area contributed by atoms with Crippen molar-refractivity contribution in [2.45, 2.75) is 25.7 Å². The Hall–Kier alpha value is -3.15. The van der Waals surface area contributed by atoms with E-state index in [2.05, 4.69) is 5.32 Å². The molecule has 6 nitrogen and oxygen atoms in total. The summed E-state index contributed by atoms with van der Waals surface area (Å²) in [4.78, 5) is 37.8. The molecule has 1 unspecified atom stereocenters. The van der Waals surface area contributed by atoms with Crippen LogP contribution in [0.5, 0.6) is 0 Å². The average molecular weight is 394 g/mol. The van der Waals surface area contributed by atoms with Gasteiger partial charge in [-0.3, -0.25) is 9.59 Å². The molecule has 6 heteroatoms. The van der Waals surface area contributed by atoms with Crippen molar-refractivity contribution in [1.29, 1.82) is 0 Å². The van der Waals surface area contributed by atoms with Gasteiger partial charge in [-0.25, -0.2) is 4.79 Å². The summed E-state index contributed by atoms with van der Waals surface area (Å²) in [5, 5.41) is 11.9. The van der Waals surface area contributed by atoms with Crippen LogP contribution in [-0.2, 0) is 22.4 Å². The highest BCUT2D eigenvalue weighted by molar-refractivity contribution is 5.87. The summed E-state index contributed by atoms with van der Waals surface area (Å²) in [6.45, 7) is 1.65. The summed E-state index contributed by atoms with van der Waals surface area (Å²) < 4.78 is 0. The Morgan fingerprint density at radius 1 is 1.00 bits per heavy atom. The first-order chi connectivity index (χ1) is 14.0. The lowest BCUT2D eigenvalue weighted by molar-refractivity contribution is -0.135. The van der Waals surface area contributed by atoms with Crippen LogP contribution in [0.25, 0.3) is 0 Å². The Labute approximate surface area is 170 Å². The normalized spacial score (nSPS) is 16.3. The zero-order chi connectivity index (χ0) is 20.6. The molecule has 1 heterocycles. The topological polar surface area (TPSA) is 86.7 Å². The van der Waals surface area contributed by atoms with Crippen molar-refractivity contribution in [1.82, 2.24) is 10.2 Å². The SMILES string of the molecule is O=C(O)c1ccc(CCNC(=O)C2CCCN(C(=O)Cc3ccccc3)C2)cc1. The number of benzene rings is 2. The van der Waals surface area contributed by atoms with Crippen LogP contribution in [0.3, 0.4) is 0 Å². The number of nitrogens with zero attached hydrogens (tertiary/aromatic N) is 1. The fourth-order valence-electron chi connectivity index (χ4n) is 3.59. The summed E-state index contributed by atoms with van der Waals surface area (Å²) in [6.07, 6.45) is 2.61. The fraction of sp³-hybridized carbons (Fsp3) is 0.348. The molecule has 1 aliphatic heterocycles. The van der Waals surface area contributed by atoms with E-state index in [1.165, 1.54) is 0 Å². The van der Waals surface area contributed by atoms with Crippen molar-refractivity contribution >= 4 is 17.8 Å². The maximum atomic E-state index is 12.6. The largest absolute Gasteiger partial charge is 0.478 e. The lowest BCUT2D eigenvalue weighted by Gasteiger charge is -2.32. The predicted molar refractivity (Wildman–Crippen MR) is 110 cm³/mol. The van der Waals surface area contributed by atoms with Gasteiger partial charge in [-0.05, 0) is 42.5 Å². The van der Waals surface area contributed by atoms with Crippen molar-refractivity contribution in [3.05, 3.63) is 71.3 Å². The summed E-state index contributed by atoms with van der Waals surface area (Å²) in [5.74, 6) is -1.09. The maximum absolute atomic E-state index is 12.6. The van der Waals surface area contributed by atoms with Gasteiger partial charge in [0.15, 0.2) is 0 Å². The van der Waals surface area contributed by atoms with Crippen LogP contribution in [0, 0.1) is 5.92 Å². The van der Waals surface area contributed by atoms with Crippen molar-refractivity contribution in [3.63, 3.8) is 0 Å². The van der Waals surface area contributed by atoms with Gasteiger partial charge in [0.05, 0.1) is 17.9 Å². The van der Waals surface area contributed by atoms with Crippen LogP contribution in [0.4, 0.5) is 0 Å². The Bertz CT molecular complexity index is 849. The van der Waals surface area contributed by atoms with Crippen LogP contribution in [0.1, 0.15) is 34.3 Å². The first-order valence-electron chi connectivity index (χ1n) is 9.94. The minimum atomic E-state index is -0.950. The lowest BCUT2D eigenvalue weighted by Crippen LogP contribution is -2.46. The molecule has 0 spiro atoms. The number of carbonyl (C=O) groups excluding carboxylic acids is 2. The van der Waals surface area contributed by atoms with Gasteiger partial charge in [0.2, 0.25) is 11.8 Å². The van der Waals surface area contributed by atoms with Gasteiger partial charge in [-0.1, -0.05) is 42.5 Å². The first-order valence-corrected chi connectivity index (χ1v) is 9.94. The van der Waals surface area contributed by atoms with Gasteiger partial charge in [-0.2, -0.15) is 0 Å². The Morgan fingerprint density at radius 3 is 2.41 bits per heavy atom. The number of rotatable bonds is 7. The van der Waals surface area contributed by atoms with Crippen LogP contribution < -0.4 is 5.32 Å². The molecule has 1 atom stereocenters. The molecule has 3 rings (SSSR count). The van der Waals surface area contributed by atoms with Crippen molar-refractivity contribution in [2.24, 2.45) is 5.92 Å². The second-order valence-corrected chi connectivity index (χ2v) is 7.38. The molecular formula is C23H26N2O4. The fourth-order valence-corrected chi connectivity index (χ4v) is 3.59. The molecule has 2 amide bonds. The van der Waals surface area contributed by atoms with E-state index in [1.807, 2.05) is 30.3 Å². The van der Waals surface area contributed by atoms with E-state index >= 15 is 0 Å². The molecule has 0 bridgehead atoms. The molecular weight excluding hydrogens is 368 g/mol. The van der Waals surface area contributed by atoms with Crippen LogP contribution in [0.15, 0.2) is 54.6 Å². The zero-order valence-electron chi connectivity index (χ0n) is 16.3. The quantitative estimate of drug-likeness (QED) is 0.756. The van der Waals surface area contributed by atoms with E-state index in [9.17, 15) is 14.4 Å². The van der Waals surface area contributed by atoms with E-state index in [-0.39, 0.29) is 23.3 Å². The molecule has 2 aromatic rings. The van der Waals surface area contributed by atoms with Crippen LogP contribution in [0.2, 0.25) is 0 Å². The maximum Gasteiger partial charge on any atom is 0.335 e. The first kappa shape index (κ1) is 20.6. The predicted octanol–water partition coefficient (Wildman–Crippen LogP) is 2.52. The minimum absolute atomic E-state index is 0.0237. The number of hydrogen-bond donors (Lipinski definition) is 2. The average Bonchev–Trinajstić information content (AvgIpc) is 2.75. The Balaban J connectivity index is 1.45. The Morgan fingerprint density at radius 2 is 1.72 bits per heavy atom. The molecule has 2 N–H and O–H groups in total. The molecule has 29 heavy (non-hydrogen) atoms. The van der Waals surface area contributed by atoms with Gasteiger partial charge in [0.1, 0.15) is 0 Å². The molecule has 1 saturated heterocycles. The number of hydrogen-bond acceptors (Lipinski definition) is 3. The van der Waals surface area contributed by atoms with Crippen molar-refractivity contribution in [3.8, 4) is 0 Å². The smallest absolute Gasteiger partial charge is 0.335 e. The standard InChI is InChI=1S/C23H26N2O4/c26-21(15-18-5-2-1-3-6-18)25-14-4-7-20(16-25)22(27)24-13-12-17-8-10-19(11-9-17)23(28)29/h1-3,5-6,8-11,20H,4,7,12-16H2,(H,24,27)(H,28,29). The number of piperidine rings is 1. The van der Waals surface area contributed by atoms with Gasteiger partial charge in [0, 0.05) is 19.6 Å². The zero-order valence-corrected chi connectivity index (χ0v) is 16.3. The van der Waals surface area contributed by atoms with Gasteiger partial charge in [-0.15, -0.1) is 0 Å². The van der Waals surface area contributed by atoms with Gasteiger partial charge < -0.3 is 15.3 Å². The molecule has 152 valence electrons. The van der Waals surface area contributed by atoms with Crippen LogP contribution >= 0.6 is 0 Å². The van der Waals surface area contributed by atoms with E-state index in [0.29, 0.717) is 32.5 Å². The minimum Gasteiger partial charge on any atom is -0.478 e. The third kappa shape index (κ3) is 5.91. The highest BCUT2D eigenvalue weighted by atomic mass is 16.4. The number of carbonyl (C=O) groups is 3. The monoisotopic (exact) mass is 394 g/mol. The molecule has 0 aromatic heterocycles. The van der Waals surface area contributed by atoms with E-state index in [0.717, 1.165) is 24.0 Å². The van der Waals surface area contributed by atoms with E-state index < -0.39 is 5.97 Å². The number of likely N-dealkylation sites (tertiary alicyclic amines) is 1. The number of amides is 2. The number of nitrogens with one attached hydrogen (secondary N) is 1. The summed E-state index contributed by atoms with van der Waals surface area (Å²) in [5.41, 5.74) is 2.21. The second kappa shape index (κ2) is 9.87. The number of aromatic carboxylic acids is 1. The summed E-state index contributed by atoms with van der Waals surface area (Å²) in [6, 6.07) is 16.3. The molecule has 0 aliphatic carbocycles. The van der Waals surface area contributed by atoms with E-state index in [1.54, 1.807) is 29.2 Å². The molecule has 0 radical (unpaired) electrons. The van der Waals surface area contributed by atoms with Crippen molar-refractivity contribution in [2.75, 3.05) is 19.6 Å². The number of carboxylic acids is 1. The second-order valence-electron chi connectivity index (χ2n) is 7.38. The van der Waals surface area contributed by atoms with E-state index in [4.69, 9.17) is 5.11 Å². The molecule has 1 aliphatic rings. The number of carboxylic acid groups (broad SMARTS) is 1. The third-order valence-corrected chi connectivity index (χ3v) is 5.26. The Kier molecular flexibility index (Phi) is 7.00. The van der Waals surface area contributed by atoms with Crippen LogP contribution in [-0.4, -0.2) is 47.4 Å². The highest BCUT2D eigenvalue weighted by Crippen LogP contribution is 2.18. The summed E-state index contributed by atoms with van der Waals surface area (Å²) in [7, 11) is 0.